The first-order chi connectivity index (χ1) is 15.7. The fraction of sp³-hybridized carbons (Fsp3) is 0.654. The van der Waals surface area contributed by atoms with Crippen LogP contribution in [0.4, 0.5) is 0 Å². The topological polar surface area (TPSA) is 62.2 Å². The van der Waals surface area contributed by atoms with E-state index in [1.807, 2.05) is 29.2 Å². The predicted molar refractivity (Wildman–Crippen MR) is 124 cm³/mol. The van der Waals surface area contributed by atoms with Gasteiger partial charge >= 0.3 is 0 Å². The van der Waals surface area contributed by atoms with E-state index in [4.69, 9.17) is 14.6 Å². The zero-order valence-corrected chi connectivity index (χ0v) is 19.2. The fourth-order valence-electron chi connectivity index (χ4n) is 5.15. The number of ether oxygens (including phenoxy) is 2. The van der Waals surface area contributed by atoms with Gasteiger partial charge in [-0.2, -0.15) is 0 Å². The van der Waals surface area contributed by atoms with Gasteiger partial charge in [-0.25, -0.2) is 0 Å². The van der Waals surface area contributed by atoms with Crippen molar-refractivity contribution in [2.24, 2.45) is 0 Å². The molecule has 2 fully saturated rings. The van der Waals surface area contributed by atoms with Crippen molar-refractivity contribution in [3.8, 4) is 0 Å². The second kappa shape index (κ2) is 11.8. The molecule has 0 spiro atoms. The van der Waals surface area contributed by atoms with Crippen LogP contribution < -0.4 is 0 Å². The van der Waals surface area contributed by atoms with E-state index in [0.29, 0.717) is 31.2 Å². The summed E-state index contributed by atoms with van der Waals surface area (Å²) in [5.41, 5.74) is 1.17. The van der Waals surface area contributed by atoms with E-state index in [1.54, 1.807) is 0 Å². The average molecular weight is 443 g/mol. The number of carbonyl (C=O) groups is 1. The Balaban J connectivity index is 1.39. The Morgan fingerprint density at radius 3 is 2.50 bits per heavy atom. The molecule has 2 saturated heterocycles. The third kappa shape index (κ3) is 6.12. The lowest BCUT2D eigenvalue weighted by molar-refractivity contribution is -0.153. The molecule has 32 heavy (non-hydrogen) atoms. The highest BCUT2D eigenvalue weighted by Gasteiger charge is 2.33. The standard InChI is InChI=1S/C26H38N2O4/c29-17-7-8-18-31-25-20-22(21-9-3-1-4-10-21)19-24(32-25)26(30)28-15-11-23(12-16-28)27-13-5-2-6-14-27/h1,3-4,9-10,19,22-23,25,29H,2,5-8,11-18,20H2. The molecule has 3 aliphatic heterocycles. The van der Waals surface area contributed by atoms with Crippen molar-refractivity contribution in [2.45, 2.75) is 69.6 Å². The van der Waals surface area contributed by atoms with E-state index < -0.39 is 6.29 Å². The molecule has 0 radical (unpaired) electrons. The molecule has 0 aromatic heterocycles. The molecule has 1 aromatic rings. The SMILES string of the molecule is O=C(C1=CC(c2ccccc2)CC(OCCCCO)O1)N1CCC(N2CCCCC2)CC1. The van der Waals surface area contributed by atoms with Crippen LogP contribution in [0.3, 0.4) is 0 Å². The molecular formula is C26H38N2O4. The summed E-state index contributed by atoms with van der Waals surface area (Å²) in [5.74, 6) is 0.512. The zero-order chi connectivity index (χ0) is 22.2. The minimum Gasteiger partial charge on any atom is -0.459 e. The van der Waals surface area contributed by atoms with E-state index in [0.717, 1.165) is 32.4 Å². The molecule has 0 bridgehead atoms. The van der Waals surface area contributed by atoms with Crippen molar-refractivity contribution >= 4 is 5.91 Å². The summed E-state index contributed by atoms with van der Waals surface area (Å²) in [7, 11) is 0. The highest BCUT2D eigenvalue weighted by molar-refractivity contribution is 5.91. The summed E-state index contributed by atoms with van der Waals surface area (Å²) >= 11 is 0. The highest BCUT2D eigenvalue weighted by atomic mass is 16.7. The van der Waals surface area contributed by atoms with Crippen LogP contribution in [0.15, 0.2) is 42.2 Å². The number of allylic oxidation sites excluding steroid dienone is 1. The number of hydrogen-bond acceptors (Lipinski definition) is 5. The van der Waals surface area contributed by atoms with E-state index in [2.05, 4.69) is 17.0 Å². The van der Waals surface area contributed by atoms with Crippen LogP contribution in [0.2, 0.25) is 0 Å². The van der Waals surface area contributed by atoms with Gasteiger partial charge in [0, 0.05) is 38.1 Å². The number of rotatable bonds is 8. The molecule has 3 heterocycles. The molecule has 0 saturated carbocycles. The fourth-order valence-corrected chi connectivity index (χ4v) is 5.15. The number of amides is 1. The number of aliphatic hydroxyl groups excluding tert-OH is 1. The molecular weight excluding hydrogens is 404 g/mol. The lowest BCUT2D eigenvalue weighted by atomic mass is 9.92. The minimum absolute atomic E-state index is 0.00770. The maximum atomic E-state index is 13.4. The third-order valence-electron chi connectivity index (χ3n) is 7.01. The molecule has 2 atom stereocenters. The number of unbranched alkanes of at least 4 members (excludes halogenated alkanes) is 1. The summed E-state index contributed by atoms with van der Waals surface area (Å²) < 4.78 is 12.0. The second-order valence-corrected chi connectivity index (χ2v) is 9.25. The molecule has 1 amide bonds. The molecule has 3 aliphatic rings. The summed E-state index contributed by atoms with van der Waals surface area (Å²) in [4.78, 5) is 18.0. The Bertz CT molecular complexity index is 739. The van der Waals surface area contributed by atoms with Crippen molar-refractivity contribution in [3.63, 3.8) is 0 Å². The largest absolute Gasteiger partial charge is 0.459 e. The number of nitrogens with zero attached hydrogens (tertiary/aromatic N) is 2. The Kier molecular flexibility index (Phi) is 8.60. The maximum Gasteiger partial charge on any atom is 0.288 e. The first kappa shape index (κ1) is 23.3. The predicted octanol–water partition coefficient (Wildman–Crippen LogP) is 3.67. The van der Waals surface area contributed by atoms with Crippen molar-refractivity contribution in [2.75, 3.05) is 39.4 Å². The Hall–Kier alpha value is -1.89. The van der Waals surface area contributed by atoms with Gasteiger partial charge in [-0.1, -0.05) is 36.8 Å². The van der Waals surface area contributed by atoms with Crippen LogP contribution in [0.5, 0.6) is 0 Å². The minimum atomic E-state index is -0.436. The van der Waals surface area contributed by atoms with Crippen LogP contribution in [0.1, 0.15) is 62.8 Å². The first-order valence-corrected chi connectivity index (χ1v) is 12.4. The number of hydrogen-bond donors (Lipinski definition) is 1. The number of piperidine rings is 2. The third-order valence-corrected chi connectivity index (χ3v) is 7.01. The molecule has 2 unspecified atom stereocenters. The summed E-state index contributed by atoms with van der Waals surface area (Å²) in [6, 6.07) is 10.9. The Morgan fingerprint density at radius 1 is 1.03 bits per heavy atom. The van der Waals surface area contributed by atoms with Crippen LogP contribution in [-0.4, -0.2) is 72.5 Å². The number of carbonyl (C=O) groups excluding carboxylic acids is 1. The van der Waals surface area contributed by atoms with Gasteiger partial charge in [-0.15, -0.1) is 0 Å². The number of aliphatic hydroxyl groups is 1. The lowest BCUT2D eigenvalue weighted by Crippen LogP contribution is -2.49. The monoisotopic (exact) mass is 442 g/mol. The summed E-state index contributed by atoms with van der Waals surface area (Å²) in [6.07, 6.45) is 9.79. The van der Waals surface area contributed by atoms with E-state index in [-0.39, 0.29) is 18.4 Å². The maximum absolute atomic E-state index is 13.4. The van der Waals surface area contributed by atoms with E-state index >= 15 is 0 Å². The van der Waals surface area contributed by atoms with E-state index in [1.165, 1.54) is 37.9 Å². The van der Waals surface area contributed by atoms with Gasteiger partial charge in [0.1, 0.15) is 0 Å². The normalized spacial score (nSPS) is 25.3. The van der Waals surface area contributed by atoms with Crippen LogP contribution in [0.25, 0.3) is 0 Å². The van der Waals surface area contributed by atoms with Gasteiger partial charge in [-0.3, -0.25) is 4.79 Å². The Labute approximate surface area is 192 Å². The summed E-state index contributed by atoms with van der Waals surface area (Å²) in [6.45, 7) is 4.69. The molecule has 6 nitrogen and oxygen atoms in total. The smallest absolute Gasteiger partial charge is 0.288 e. The van der Waals surface area contributed by atoms with Crippen molar-refractivity contribution in [1.29, 1.82) is 0 Å². The zero-order valence-electron chi connectivity index (χ0n) is 19.2. The van der Waals surface area contributed by atoms with Gasteiger partial charge < -0.3 is 24.4 Å². The molecule has 4 rings (SSSR count). The molecule has 176 valence electrons. The highest BCUT2D eigenvalue weighted by Crippen LogP contribution is 2.32. The van der Waals surface area contributed by atoms with E-state index in [9.17, 15) is 4.79 Å². The van der Waals surface area contributed by atoms with Crippen LogP contribution >= 0.6 is 0 Å². The number of likely N-dealkylation sites (tertiary alicyclic amines) is 2. The second-order valence-electron chi connectivity index (χ2n) is 9.25. The van der Waals surface area contributed by atoms with Crippen LogP contribution in [0, 0.1) is 0 Å². The van der Waals surface area contributed by atoms with Crippen LogP contribution in [-0.2, 0) is 14.3 Å². The Morgan fingerprint density at radius 2 is 1.78 bits per heavy atom. The van der Waals surface area contributed by atoms with Gasteiger partial charge in [-0.05, 0) is 63.3 Å². The lowest BCUT2D eigenvalue weighted by Gasteiger charge is -2.40. The van der Waals surface area contributed by atoms with Gasteiger partial charge in [0.2, 0.25) is 6.29 Å². The average Bonchev–Trinajstić information content (AvgIpc) is 2.87. The van der Waals surface area contributed by atoms with Crippen molar-refractivity contribution in [3.05, 3.63) is 47.7 Å². The number of benzene rings is 1. The first-order valence-electron chi connectivity index (χ1n) is 12.4. The molecule has 1 N–H and O–H groups in total. The van der Waals surface area contributed by atoms with Gasteiger partial charge in [0.05, 0.1) is 6.61 Å². The molecule has 0 aliphatic carbocycles. The quantitative estimate of drug-likeness (QED) is 0.623. The molecule has 6 heteroatoms. The molecule has 1 aromatic carbocycles. The van der Waals surface area contributed by atoms with Crippen molar-refractivity contribution < 1.29 is 19.4 Å². The van der Waals surface area contributed by atoms with Gasteiger partial charge in [0.15, 0.2) is 5.76 Å². The van der Waals surface area contributed by atoms with Crippen molar-refractivity contribution in [1.82, 2.24) is 9.80 Å². The van der Waals surface area contributed by atoms with Gasteiger partial charge in [0.25, 0.3) is 5.91 Å². The summed E-state index contributed by atoms with van der Waals surface area (Å²) in [5, 5.41) is 9.01.